The molecule has 2 atom stereocenters. The van der Waals surface area contributed by atoms with Gasteiger partial charge < -0.3 is 22.1 Å². The minimum Gasteiger partial charge on any atom is -0.370 e. The van der Waals surface area contributed by atoms with Crippen LogP contribution in [-0.2, 0) is 16.0 Å². The molecule has 0 fully saturated rings. The summed E-state index contributed by atoms with van der Waals surface area (Å²) in [5, 5.41) is 5.70. The van der Waals surface area contributed by atoms with Gasteiger partial charge in [0.05, 0.1) is 12.1 Å². The molecule has 1 aromatic carbocycles. The standard InChI is InChI=1S/C16H25N5O2/c1-11(22)14(10-12-6-4-3-5-7-12)21-15(23)13(19-2)8-9-20-16(17)18/h3-7,13-14,19H,8-10H2,1-2H3,(H,21,23)(H4,17,18,20). The lowest BCUT2D eigenvalue weighted by molar-refractivity contribution is -0.128. The number of amides is 1. The molecule has 7 heteroatoms. The zero-order valence-electron chi connectivity index (χ0n) is 13.6. The zero-order valence-corrected chi connectivity index (χ0v) is 13.6. The predicted molar refractivity (Wildman–Crippen MR) is 90.9 cm³/mol. The highest BCUT2D eigenvalue weighted by molar-refractivity contribution is 5.89. The summed E-state index contributed by atoms with van der Waals surface area (Å²) < 4.78 is 0. The van der Waals surface area contributed by atoms with Crippen molar-refractivity contribution < 1.29 is 9.59 Å². The van der Waals surface area contributed by atoms with Crippen LogP contribution in [0.4, 0.5) is 0 Å². The molecule has 0 bridgehead atoms. The molecule has 0 aliphatic heterocycles. The van der Waals surface area contributed by atoms with Gasteiger partial charge in [0.2, 0.25) is 5.91 Å². The molecule has 1 amide bonds. The Bertz CT molecular complexity index is 541. The minimum atomic E-state index is -0.552. The van der Waals surface area contributed by atoms with Gasteiger partial charge in [0.25, 0.3) is 0 Å². The molecule has 0 heterocycles. The molecule has 126 valence electrons. The predicted octanol–water partition coefficient (Wildman–Crippen LogP) is -0.446. The maximum absolute atomic E-state index is 12.3. The minimum absolute atomic E-state index is 0.00838. The van der Waals surface area contributed by atoms with Crippen molar-refractivity contribution in [3.8, 4) is 0 Å². The van der Waals surface area contributed by atoms with Gasteiger partial charge in [-0.05, 0) is 32.4 Å². The van der Waals surface area contributed by atoms with Crippen molar-refractivity contribution in [1.29, 1.82) is 0 Å². The van der Waals surface area contributed by atoms with Crippen molar-refractivity contribution in [1.82, 2.24) is 10.6 Å². The first kappa shape index (κ1) is 18.6. The summed E-state index contributed by atoms with van der Waals surface area (Å²) >= 11 is 0. The van der Waals surface area contributed by atoms with E-state index in [1.807, 2.05) is 30.3 Å². The smallest absolute Gasteiger partial charge is 0.237 e. The third-order valence-electron chi connectivity index (χ3n) is 3.47. The highest BCUT2D eigenvalue weighted by Gasteiger charge is 2.22. The summed E-state index contributed by atoms with van der Waals surface area (Å²) in [4.78, 5) is 28.0. The van der Waals surface area contributed by atoms with E-state index >= 15 is 0 Å². The number of Topliss-reactive ketones (excluding diaryl/α,β-unsaturated/α-hetero) is 1. The van der Waals surface area contributed by atoms with Crippen LogP contribution < -0.4 is 22.1 Å². The summed E-state index contributed by atoms with van der Waals surface area (Å²) in [5.41, 5.74) is 11.5. The number of hydrogen-bond acceptors (Lipinski definition) is 4. The van der Waals surface area contributed by atoms with Gasteiger partial charge >= 0.3 is 0 Å². The molecular weight excluding hydrogens is 294 g/mol. The van der Waals surface area contributed by atoms with Gasteiger partial charge in [-0.1, -0.05) is 30.3 Å². The molecule has 0 aromatic heterocycles. The molecule has 0 aliphatic rings. The number of carbonyl (C=O) groups excluding carboxylic acids is 2. The summed E-state index contributed by atoms with van der Waals surface area (Å²) in [6.45, 7) is 1.81. The van der Waals surface area contributed by atoms with Gasteiger partial charge in [0, 0.05) is 6.54 Å². The molecule has 7 nitrogen and oxygen atoms in total. The Balaban J connectivity index is 2.65. The fraction of sp³-hybridized carbons (Fsp3) is 0.438. The Kier molecular flexibility index (Phi) is 7.76. The van der Waals surface area contributed by atoms with E-state index in [1.165, 1.54) is 6.92 Å². The molecular formula is C16H25N5O2. The van der Waals surface area contributed by atoms with E-state index in [1.54, 1.807) is 7.05 Å². The second-order valence-electron chi connectivity index (χ2n) is 5.30. The van der Waals surface area contributed by atoms with Crippen molar-refractivity contribution in [3.63, 3.8) is 0 Å². The van der Waals surface area contributed by atoms with Gasteiger partial charge in [-0.15, -0.1) is 0 Å². The van der Waals surface area contributed by atoms with Gasteiger partial charge in [0.1, 0.15) is 0 Å². The van der Waals surface area contributed by atoms with Crippen LogP contribution in [0.3, 0.4) is 0 Å². The number of benzene rings is 1. The van der Waals surface area contributed by atoms with Crippen molar-refractivity contribution in [2.45, 2.75) is 31.8 Å². The SMILES string of the molecule is CNC(CCN=C(N)N)C(=O)NC(Cc1ccccc1)C(C)=O. The van der Waals surface area contributed by atoms with E-state index in [-0.39, 0.29) is 17.6 Å². The summed E-state index contributed by atoms with van der Waals surface area (Å²) in [5.74, 6) is -0.332. The van der Waals surface area contributed by atoms with E-state index in [9.17, 15) is 9.59 Å². The molecule has 0 saturated carbocycles. The molecule has 6 N–H and O–H groups in total. The molecule has 0 aliphatic carbocycles. The van der Waals surface area contributed by atoms with E-state index in [0.717, 1.165) is 5.56 Å². The van der Waals surface area contributed by atoms with Crippen molar-refractivity contribution in [3.05, 3.63) is 35.9 Å². The number of aliphatic imine (C=N–C) groups is 1. The van der Waals surface area contributed by atoms with Crippen LogP contribution in [0.1, 0.15) is 18.9 Å². The van der Waals surface area contributed by atoms with Crippen LogP contribution >= 0.6 is 0 Å². The lowest BCUT2D eigenvalue weighted by Crippen LogP contribution is -2.50. The quantitative estimate of drug-likeness (QED) is 0.363. The second-order valence-corrected chi connectivity index (χ2v) is 5.30. The lowest BCUT2D eigenvalue weighted by atomic mass is 10.0. The number of guanidine groups is 1. The summed E-state index contributed by atoms with van der Waals surface area (Å²) in [7, 11) is 1.68. The van der Waals surface area contributed by atoms with Crippen molar-refractivity contribution >= 4 is 17.6 Å². The number of ketones is 1. The molecule has 0 spiro atoms. The number of nitrogens with one attached hydrogen (secondary N) is 2. The monoisotopic (exact) mass is 319 g/mol. The first-order valence-electron chi connectivity index (χ1n) is 7.51. The number of carbonyl (C=O) groups is 2. The summed E-state index contributed by atoms with van der Waals surface area (Å²) in [6.07, 6.45) is 0.905. The first-order valence-corrected chi connectivity index (χ1v) is 7.51. The van der Waals surface area contributed by atoms with E-state index in [2.05, 4.69) is 15.6 Å². The molecule has 1 rings (SSSR count). The fourth-order valence-electron chi connectivity index (χ4n) is 2.15. The zero-order chi connectivity index (χ0) is 17.2. The van der Waals surface area contributed by atoms with Crippen LogP contribution in [0.15, 0.2) is 35.3 Å². The highest BCUT2D eigenvalue weighted by Crippen LogP contribution is 2.05. The molecule has 2 unspecified atom stereocenters. The molecule has 0 saturated heterocycles. The van der Waals surface area contributed by atoms with Crippen LogP contribution in [0.25, 0.3) is 0 Å². The van der Waals surface area contributed by atoms with Gasteiger partial charge in [-0.25, -0.2) is 0 Å². The Labute approximate surface area is 136 Å². The second kappa shape index (κ2) is 9.58. The Hall–Kier alpha value is -2.41. The number of nitrogens with two attached hydrogens (primary N) is 2. The van der Waals surface area contributed by atoms with E-state index < -0.39 is 12.1 Å². The average Bonchev–Trinajstić information content (AvgIpc) is 2.51. The van der Waals surface area contributed by atoms with Gasteiger partial charge in [-0.2, -0.15) is 0 Å². The fourth-order valence-corrected chi connectivity index (χ4v) is 2.15. The first-order chi connectivity index (χ1) is 10.9. The van der Waals surface area contributed by atoms with Gasteiger partial charge in [0.15, 0.2) is 11.7 Å². The van der Waals surface area contributed by atoms with E-state index in [0.29, 0.717) is 19.4 Å². The third-order valence-corrected chi connectivity index (χ3v) is 3.47. The van der Waals surface area contributed by atoms with Crippen molar-refractivity contribution in [2.75, 3.05) is 13.6 Å². The third kappa shape index (κ3) is 6.92. The Morgan fingerprint density at radius 1 is 1.17 bits per heavy atom. The average molecular weight is 319 g/mol. The maximum atomic E-state index is 12.3. The molecule has 0 radical (unpaired) electrons. The highest BCUT2D eigenvalue weighted by atomic mass is 16.2. The maximum Gasteiger partial charge on any atom is 0.237 e. The van der Waals surface area contributed by atoms with Crippen molar-refractivity contribution in [2.24, 2.45) is 16.5 Å². The number of rotatable bonds is 9. The van der Waals surface area contributed by atoms with Crippen LogP contribution in [0.5, 0.6) is 0 Å². The number of nitrogens with zero attached hydrogens (tertiary/aromatic N) is 1. The number of hydrogen-bond donors (Lipinski definition) is 4. The Morgan fingerprint density at radius 3 is 2.35 bits per heavy atom. The largest absolute Gasteiger partial charge is 0.370 e. The Morgan fingerprint density at radius 2 is 1.83 bits per heavy atom. The van der Waals surface area contributed by atoms with Gasteiger partial charge in [-0.3, -0.25) is 14.6 Å². The van der Waals surface area contributed by atoms with Crippen LogP contribution in [0, 0.1) is 0 Å². The molecule has 23 heavy (non-hydrogen) atoms. The normalized spacial score (nSPS) is 13.0. The number of likely N-dealkylation sites (N-methyl/N-ethyl adjacent to an activating group) is 1. The lowest BCUT2D eigenvalue weighted by Gasteiger charge is -2.20. The van der Waals surface area contributed by atoms with E-state index in [4.69, 9.17) is 11.5 Å². The van der Waals surface area contributed by atoms with Crippen LogP contribution in [-0.4, -0.2) is 43.3 Å². The topological polar surface area (TPSA) is 123 Å². The summed E-state index contributed by atoms with van der Waals surface area (Å²) in [6, 6.07) is 8.55. The van der Waals surface area contributed by atoms with Crippen LogP contribution in [0.2, 0.25) is 0 Å². The molecule has 1 aromatic rings.